The van der Waals surface area contributed by atoms with Crippen molar-refractivity contribution in [1.82, 2.24) is 5.32 Å². The summed E-state index contributed by atoms with van der Waals surface area (Å²) in [5.74, 6) is -0.506. The minimum atomic E-state index is -0.987. The fourth-order valence-corrected chi connectivity index (χ4v) is 1.50. The Hall–Kier alpha value is -2.04. The Morgan fingerprint density at radius 1 is 1.20 bits per heavy atom. The van der Waals surface area contributed by atoms with Gasteiger partial charge in [0, 0.05) is 12.2 Å². The van der Waals surface area contributed by atoms with Crippen LogP contribution in [0.4, 0.5) is 10.5 Å². The van der Waals surface area contributed by atoms with E-state index < -0.39 is 17.4 Å². The SMILES string of the molecule is CC(C)c1ccc(NC(=O)NCC(C)(C)C(=O)O)cc1. The molecule has 0 atom stereocenters. The van der Waals surface area contributed by atoms with Gasteiger partial charge in [0.25, 0.3) is 0 Å². The quantitative estimate of drug-likeness (QED) is 0.774. The lowest BCUT2D eigenvalue weighted by Gasteiger charge is -2.19. The molecule has 20 heavy (non-hydrogen) atoms. The number of carboxylic acid groups (broad SMARTS) is 1. The highest BCUT2D eigenvalue weighted by Gasteiger charge is 2.27. The Morgan fingerprint density at radius 3 is 2.20 bits per heavy atom. The zero-order valence-corrected chi connectivity index (χ0v) is 12.4. The Balaban J connectivity index is 2.52. The molecule has 5 heteroatoms. The summed E-state index contributed by atoms with van der Waals surface area (Å²) < 4.78 is 0. The molecule has 0 aliphatic carbocycles. The molecule has 0 saturated heterocycles. The van der Waals surface area contributed by atoms with Crippen molar-refractivity contribution in [3.05, 3.63) is 29.8 Å². The van der Waals surface area contributed by atoms with E-state index in [2.05, 4.69) is 24.5 Å². The second-order valence-electron chi connectivity index (χ2n) is 5.77. The molecule has 0 unspecified atom stereocenters. The van der Waals surface area contributed by atoms with Crippen LogP contribution in [0.3, 0.4) is 0 Å². The summed E-state index contributed by atoms with van der Waals surface area (Å²) in [7, 11) is 0. The number of benzene rings is 1. The normalized spacial score (nSPS) is 11.2. The number of aliphatic carboxylic acids is 1. The van der Waals surface area contributed by atoms with Crippen LogP contribution in [0.2, 0.25) is 0 Å². The number of carbonyl (C=O) groups excluding carboxylic acids is 1. The zero-order chi connectivity index (χ0) is 15.3. The van der Waals surface area contributed by atoms with Crippen LogP contribution >= 0.6 is 0 Å². The molecular formula is C15H22N2O3. The molecule has 0 bridgehead atoms. The van der Waals surface area contributed by atoms with E-state index >= 15 is 0 Å². The van der Waals surface area contributed by atoms with E-state index in [1.807, 2.05) is 24.3 Å². The predicted octanol–water partition coefficient (Wildman–Crippen LogP) is 3.04. The first-order valence-electron chi connectivity index (χ1n) is 6.60. The van der Waals surface area contributed by atoms with Gasteiger partial charge in [0.05, 0.1) is 5.41 Å². The first-order chi connectivity index (χ1) is 9.22. The largest absolute Gasteiger partial charge is 0.481 e. The number of hydrogen-bond acceptors (Lipinski definition) is 2. The van der Waals surface area contributed by atoms with E-state index in [0.29, 0.717) is 11.6 Å². The van der Waals surface area contributed by atoms with E-state index in [-0.39, 0.29) is 6.54 Å². The molecule has 110 valence electrons. The smallest absolute Gasteiger partial charge is 0.319 e. The number of rotatable bonds is 5. The second kappa shape index (κ2) is 6.41. The monoisotopic (exact) mass is 278 g/mol. The second-order valence-corrected chi connectivity index (χ2v) is 5.77. The van der Waals surface area contributed by atoms with E-state index in [0.717, 1.165) is 0 Å². The standard InChI is InChI=1S/C15H22N2O3/c1-10(2)11-5-7-12(8-6-11)17-14(20)16-9-15(3,4)13(18)19/h5-8,10H,9H2,1-4H3,(H,18,19)(H2,16,17,20). The van der Waals surface area contributed by atoms with Gasteiger partial charge in [0.15, 0.2) is 0 Å². The molecule has 0 saturated carbocycles. The summed E-state index contributed by atoms with van der Waals surface area (Å²) in [4.78, 5) is 22.6. The highest BCUT2D eigenvalue weighted by atomic mass is 16.4. The zero-order valence-electron chi connectivity index (χ0n) is 12.4. The maximum absolute atomic E-state index is 11.7. The highest BCUT2D eigenvalue weighted by molar-refractivity contribution is 5.89. The van der Waals surface area contributed by atoms with E-state index in [1.54, 1.807) is 13.8 Å². The molecule has 0 aliphatic rings. The number of nitrogens with one attached hydrogen (secondary N) is 2. The lowest BCUT2D eigenvalue weighted by molar-refractivity contribution is -0.146. The lowest BCUT2D eigenvalue weighted by Crippen LogP contribution is -2.40. The molecule has 1 aromatic carbocycles. The molecule has 1 aromatic rings. The molecule has 0 aromatic heterocycles. The lowest BCUT2D eigenvalue weighted by atomic mass is 9.94. The van der Waals surface area contributed by atoms with Crippen molar-refractivity contribution in [2.75, 3.05) is 11.9 Å². The molecule has 3 N–H and O–H groups in total. The number of anilines is 1. The minimum absolute atomic E-state index is 0.0677. The number of urea groups is 1. The predicted molar refractivity (Wildman–Crippen MR) is 79.0 cm³/mol. The van der Waals surface area contributed by atoms with Gasteiger partial charge in [-0.05, 0) is 37.5 Å². The fourth-order valence-electron chi connectivity index (χ4n) is 1.50. The van der Waals surface area contributed by atoms with Crippen molar-refractivity contribution < 1.29 is 14.7 Å². The topological polar surface area (TPSA) is 78.4 Å². The van der Waals surface area contributed by atoms with E-state index in [1.165, 1.54) is 5.56 Å². The Morgan fingerprint density at radius 2 is 1.75 bits per heavy atom. The maximum atomic E-state index is 11.7. The summed E-state index contributed by atoms with van der Waals surface area (Å²) in [6.45, 7) is 7.39. The number of amides is 2. The summed E-state index contributed by atoms with van der Waals surface area (Å²) in [6.07, 6.45) is 0. The molecule has 2 amide bonds. The van der Waals surface area contributed by atoms with Gasteiger partial charge in [0.2, 0.25) is 0 Å². The molecule has 0 spiro atoms. The van der Waals surface area contributed by atoms with Gasteiger partial charge in [-0.15, -0.1) is 0 Å². The van der Waals surface area contributed by atoms with Crippen molar-refractivity contribution in [3.8, 4) is 0 Å². The van der Waals surface area contributed by atoms with Crippen molar-refractivity contribution in [2.45, 2.75) is 33.6 Å². The third kappa shape index (κ3) is 4.57. The number of hydrogen-bond donors (Lipinski definition) is 3. The Labute approximate surface area is 119 Å². The fraction of sp³-hybridized carbons (Fsp3) is 0.467. The summed E-state index contributed by atoms with van der Waals surface area (Å²) in [5.41, 5.74) is 0.891. The van der Waals surface area contributed by atoms with Gasteiger partial charge in [-0.1, -0.05) is 26.0 Å². The number of carbonyl (C=O) groups is 2. The molecule has 0 aliphatic heterocycles. The van der Waals surface area contributed by atoms with Crippen LogP contribution in [0, 0.1) is 5.41 Å². The summed E-state index contributed by atoms with van der Waals surface area (Å²) >= 11 is 0. The van der Waals surface area contributed by atoms with Crippen molar-refractivity contribution in [2.24, 2.45) is 5.41 Å². The first kappa shape index (κ1) is 16.0. The first-order valence-corrected chi connectivity index (χ1v) is 6.60. The van der Waals surface area contributed by atoms with Crippen LogP contribution in [0.5, 0.6) is 0 Å². The highest BCUT2D eigenvalue weighted by Crippen LogP contribution is 2.17. The van der Waals surface area contributed by atoms with Gasteiger partial charge in [-0.3, -0.25) is 4.79 Å². The molecule has 5 nitrogen and oxygen atoms in total. The maximum Gasteiger partial charge on any atom is 0.319 e. The van der Waals surface area contributed by atoms with Crippen LogP contribution in [-0.4, -0.2) is 23.7 Å². The van der Waals surface area contributed by atoms with Crippen molar-refractivity contribution >= 4 is 17.7 Å². The molecule has 0 heterocycles. The Kier molecular flexibility index (Phi) is 5.13. The average Bonchev–Trinajstić information content (AvgIpc) is 2.37. The van der Waals surface area contributed by atoms with Gasteiger partial charge in [-0.25, -0.2) is 4.79 Å². The van der Waals surface area contributed by atoms with Crippen LogP contribution in [0.1, 0.15) is 39.2 Å². The van der Waals surface area contributed by atoms with E-state index in [4.69, 9.17) is 5.11 Å². The van der Waals surface area contributed by atoms with Crippen molar-refractivity contribution in [3.63, 3.8) is 0 Å². The Bertz CT molecular complexity index is 478. The van der Waals surface area contributed by atoms with Crippen LogP contribution in [0.25, 0.3) is 0 Å². The van der Waals surface area contributed by atoms with Gasteiger partial charge >= 0.3 is 12.0 Å². The molecule has 0 radical (unpaired) electrons. The van der Waals surface area contributed by atoms with Crippen LogP contribution in [0.15, 0.2) is 24.3 Å². The van der Waals surface area contributed by atoms with Crippen LogP contribution in [-0.2, 0) is 4.79 Å². The third-order valence-corrected chi connectivity index (χ3v) is 3.11. The molecule has 1 rings (SSSR count). The van der Waals surface area contributed by atoms with Gasteiger partial charge in [-0.2, -0.15) is 0 Å². The minimum Gasteiger partial charge on any atom is -0.481 e. The van der Waals surface area contributed by atoms with E-state index in [9.17, 15) is 9.59 Å². The van der Waals surface area contributed by atoms with Gasteiger partial charge in [0.1, 0.15) is 0 Å². The van der Waals surface area contributed by atoms with Gasteiger partial charge < -0.3 is 15.7 Å². The third-order valence-electron chi connectivity index (χ3n) is 3.11. The average molecular weight is 278 g/mol. The van der Waals surface area contributed by atoms with Crippen molar-refractivity contribution in [1.29, 1.82) is 0 Å². The summed E-state index contributed by atoms with van der Waals surface area (Å²) in [5, 5.41) is 14.2. The van der Waals surface area contributed by atoms with Crippen LogP contribution < -0.4 is 10.6 Å². The molecule has 0 fully saturated rings. The number of carboxylic acids is 1. The molecular weight excluding hydrogens is 256 g/mol. The summed E-state index contributed by atoms with van der Waals surface area (Å²) in [6, 6.07) is 7.17.